The summed E-state index contributed by atoms with van der Waals surface area (Å²) in [6.45, 7) is 11.0. The second-order valence-corrected chi connectivity index (χ2v) is 10.4. The molecule has 0 saturated carbocycles. The Kier molecular flexibility index (Phi) is 7.62. The number of aromatic nitrogens is 1. The predicted octanol–water partition coefficient (Wildman–Crippen LogP) is 1.92. The van der Waals surface area contributed by atoms with Gasteiger partial charge in [-0.2, -0.15) is 0 Å². The van der Waals surface area contributed by atoms with E-state index in [1.54, 1.807) is 25.7 Å². The molecule has 1 aromatic heterocycles. The number of rotatable bonds is 7. The van der Waals surface area contributed by atoms with Gasteiger partial charge < -0.3 is 29.2 Å². The second-order valence-electron chi connectivity index (χ2n) is 10.4. The summed E-state index contributed by atoms with van der Waals surface area (Å²) in [6, 6.07) is 1.11. The SMILES string of the molecule is CC(C)[C@H](c1cc(N2CCC(C=O)CC2)no1)C(O)N1C[C@H](O)C[C@H]1C(=O)OC(C)(C)C. The van der Waals surface area contributed by atoms with Crippen LogP contribution < -0.4 is 4.90 Å². The van der Waals surface area contributed by atoms with Crippen molar-refractivity contribution in [1.29, 1.82) is 0 Å². The van der Waals surface area contributed by atoms with E-state index in [9.17, 15) is 19.8 Å². The van der Waals surface area contributed by atoms with Crippen molar-refractivity contribution in [3.05, 3.63) is 11.8 Å². The van der Waals surface area contributed by atoms with Crippen LogP contribution in [0.5, 0.6) is 0 Å². The molecule has 4 atom stereocenters. The molecule has 0 radical (unpaired) electrons. The first-order chi connectivity index (χ1) is 15.0. The quantitative estimate of drug-likeness (QED) is 0.474. The Balaban J connectivity index is 1.77. The molecule has 2 saturated heterocycles. The number of carbonyl (C=O) groups is 2. The predicted molar refractivity (Wildman–Crippen MR) is 118 cm³/mol. The van der Waals surface area contributed by atoms with Gasteiger partial charge in [0.15, 0.2) is 5.82 Å². The van der Waals surface area contributed by atoms with Gasteiger partial charge in [-0.25, -0.2) is 0 Å². The van der Waals surface area contributed by atoms with Crippen LogP contribution in [0.2, 0.25) is 0 Å². The largest absolute Gasteiger partial charge is 0.459 e. The first-order valence-corrected chi connectivity index (χ1v) is 11.5. The topological polar surface area (TPSA) is 116 Å². The van der Waals surface area contributed by atoms with Crippen LogP contribution in [0, 0.1) is 11.8 Å². The summed E-state index contributed by atoms with van der Waals surface area (Å²) >= 11 is 0. The van der Waals surface area contributed by atoms with Crippen molar-refractivity contribution < 1.29 is 29.1 Å². The van der Waals surface area contributed by atoms with Crippen LogP contribution in [0.1, 0.15) is 65.6 Å². The molecule has 2 aliphatic heterocycles. The summed E-state index contributed by atoms with van der Waals surface area (Å²) in [5.74, 6) is 0.403. The van der Waals surface area contributed by atoms with E-state index in [2.05, 4.69) is 10.1 Å². The number of anilines is 1. The van der Waals surface area contributed by atoms with Crippen LogP contribution in [0.4, 0.5) is 5.82 Å². The Morgan fingerprint density at radius 3 is 2.53 bits per heavy atom. The third-order valence-corrected chi connectivity index (χ3v) is 6.28. The van der Waals surface area contributed by atoms with E-state index in [-0.39, 0.29) is 24.8 Å². The third-order valence-electron chi connectivity index (χ3n) is 6.28. The fourth-order valence-electron chi connectivity index (χ4n) is 4.61. The minimum atomic E-state index is -1.05. The number of carbonyl (C=O) groups excluding carboxylic acids is 2. The van der Waals surface area contributed by atoms with Gasteiger partial charge in [-0.05, 0) is 39.5 Å². The minimum Gasteiger partial charge on any atom is -0.459 e. The summed E-state index contributed by atoms with van der Waals surface area (Å²) in [7, 11) is 0. The Labute approximate surface area is 189 Å². The highest BCUT2D eigenvalue weighted by atomic mass is 16.6. The van der Waals surface area contributed by atoms with E-state index < -0.39 is 35.9 Å². The number of hydrogen-bond acceptors (Lipinski definition) is 9. The standard InChI is InChI=1S/C23H37N3O6/c1-14(2)20(18-11-19(24-32-18)25-8-6-15(13-27)7-9-25)21(29)26-12-16(28)10-17(26)22(30)31-23(3,4)5/h11,13-17,20-21,28-29H,6-10,12H2,1-5H3/t16-,17+,20-,21?/m1/s1. The van der Waals surface area contributed by atoms with Crippen LogP contribution in [0.3, 0.4) is 0 Å². The number of nitrogens with zero attached hydrogens (tertiary/aromatic N) is 3. The lowest BCUT2D eigenvalue weighted by Gasteiger charge is -2.35. The molecule has 2 aliphatic rings. The van der Waals surface area contributed by atoms with E-state index in [4.69, 9.17) is 9.26 Å². The van der Waals surface area contributed by atoms with Crippen molar-refractivity contribution in [2.45, 2.75) is 83.8 Å². The molecule has 2 fully saturated rings. The molecule has 0 aliphatic carbocycles. The van der Waals surface area contributed by atoms with Crippen molar-refractivity contribution in [3.8, 4) is 0 Å². The van der Waals surface area contributed by atoms with Crippen molar-refractivity contribution in [1.82, 2.24) is 10.1 Å². The van der Waals surface area contributed by atoms with Crippen LogP contribution in [0.15, 0.2) is 10.6 Å². The molecule has 3 rings (SSSR count). The molecule has 1 aromatic rings. The number of piperidine rings is 1. The normalized spacial score (nSPS) is 25.2. The zero-order chi connectivity index (χ0) is 23.6. The van der Waals surface area contributed by atoms with Gasteiger partial charge in [0.25, 0.3) is 0 Å². The molecule has 180 valence electrons. The Morgan fingerprint density at radius 1 is 1.31 bits per heavy atom. The van der Waals surface area contributed by atoms with E-state index in [1.807, 2.05) is 19.9 Å². The molecule has 2 N–H and O–H groups in total. The van der Waals surface area contributed by atoms with Gasteiger partial charge in [0.05, 0.1) is 12.0 Å². The maximum absolute atomic E-state index is 12.8. The van der Waals surface area contributed by atoms with Gasteiger partial charge >= 0.3 is 5.97 Å². The van der Waals surface area contributed by atoms with Gasteiger partial charge in [0.2, 0.25) is 0 Å². The summed E-state index contributed by atoms with van der Waals surface area (Å²) in [6.07, 6.45) is 1.02. The van der Waals surface area contributed by atoms with E-state index >= 15 is 0 Å². The number of aliphatic hydroxyl groups is 2. The Morgan fingerprint density at radius 2 is 1.97 bits per heavy atom. The Hall–Kier alpha value is -1.97. The number of esters is 1. The number of likely N-dealkylation sites (tertiary alicyclic amines) is 1. The first-order valence-electron chi connectivity index (χ1n) is 11.5. The lowest BCUT2D eigenvalue weighted by Crippen LogP contribution is -2.48. The average Bonchev–Trinajstić information content (AvgIpc) is 3.33. The summed E-state index contributed by atoms with van der Waals surface area (Å²) in [5, 5.41) is 25.8. The van der Waals surface area contributed by atoms with Gasteiger partial charge in [-0.3, -0.25) is 9.69 Å². The van der Waals surface area contributed by atoms with Crippen molar-refractivity contribution in [3.63, 3.8) is 0 Å². The smallest absolute Gasteiger partial charge is 0.324 e. The molecule has 0 aromatic carbocycles. The number of ether oxygens (including phenoxy) is 1. The molecule has 32 heavy (non-hydrogen) atoms. The molecule has 0 spiro atoms. The highest BCUT2D eigenvalue weighted by Crippen LogP contribution is 2.36. The lowest BCUT2D eigenvalue weighted by molar-refractivity contribution is -0.165. The number of aldehydes is 1. The fourth-order valence-corrected chi connectivity index (χ4v) is 4.61. The second kappa shape index (κ2) is 9.89. The lowest BCUT2D eigenvalue weighted by atomic mass is 9.90. The third kappa shape index (κ3) is 5.68. The van der Waals surface area contributed by atoms with Crippen molar-refractivity contribution in [2.75, 3.05) is 24.5 Å². The van der Waals surface area contributed by atoms with Gasteiger partial charge in [-0.1, -0.05) is 19.0 Å². The fraction of sp³-hybridized carbons (Fsp3) is 0.783. The van der Waals surface area contributed by atoms with Crippen LogP contribution >= 0.6 is 0 Å². The zero-order valence-electron chi connectivity index (χ0n) is 19.7. The highest BCUT2D eigenvalue weighted by molar-refractivity contribution is 5.76. The van der Waals surface area contributed by atoms with E-state index in [0.717, 1.165) is 32.2 Å². The summed E-state index contributed by atoms with van der Waals surface area (Å²) in [5.41, 5.74) is -0.657. The van der Waals surface area contributed by atoms with Gasteiger partial charge in [-0.15, -0.1) is 0 Å². The molecule has 0 amide bonds. The van der Waals surface area contributed by atoms with E-state index in [1.165, 1.54) is 0 Å². The number of β-amino-alcohol motifs (C(OH)–C–C–N with tert-alkyl or cyclic N) is 1. The van der Waals surface area contributed by atoms with Gasteiger partial charge in [0.1, 0.15) is 29.9 Å². The highest BCUT2D eigenvalue weighted by Gasteiger charge is 2.45. The van der Waals surface area contributed by atoms with E-state index in [0.29, 0.717) is 11.6 Å². The summed E-state index contributed by atoms with van der Waals surface area (Å²) < 4.78 is 11.2. The van der Waals surface area contributed by atoms with Crippen LogP contribution in [-0.4, -0.2) is 76.1 Å². The minimum absolute atomic E-state index is 0.0105. The van der Waals surface area contributed by atoms with Crippen LogP contribution in [0.25, 0.3) is 0 Å². The molecule has 9 heteroatoms. The molecule has 3 heterocycles. The van der Waals surface area contributed by atoms with Crippen molar-refractivity contribution >= 4 is 18.1 Å². The maximum Gasteiger partial charge on any atom is 0.324 e. The summed E-state index contributed by atoms with van der Waals surface area (Å²) in [4.78, 5) is 27.5. The number of aliphatic hydroxyl groups excluding tert-OH is 2. The molecule has 9 nitrogen and oxygen atoms in total. The molecule has 1 unspecified atom stereocenters. The molecule has 0 bridgehead atoms. The Bertz CT molecular complexity index is 781. The molecular formula is C23H37N3O6. The number of hydrogen-bond donors (Lipinski definition) is 2. The maximum atomic E-state index is 12.8. The first kappa shape index (κ1) is 24.7. The zero-order valence-corrected chi connectivity index (χ0v) is 19.7. The average molecular weight is 452 g/mol. The van der Waals surface area contributed by atoms with Crippen molar-refractivity contribution in [2.24, 2.45) is 11.8 Å². The monoisotopic (exact) mass is 451 g/mol. The van der Waals surface area contributed by atoms with Gasteiger partial charge in [0, 0.05) is 38.0 Å². The molecular weight excluding hydrogens is 414 g/mol. The van der Waals surface area contributed by atoms with Crippen LogP contribution in [-0.2, 0) is 14.3 Å².